The van der Waals surface area contributed by atoms with Crippen LogP contribution in [0.15, 0.2) is 48.5 Å². The lowest BCUT2D eigenvalue weighted by molar-refractivity contribution is -0.128. The highest BCUT2D eigenvalue weighted by molar-refractivity contribution is 5.77. The van der Waals surface area contributed by atoms with Crippen molar-refractivity contribution in [2.24, 2.45) is 0 Å². The maximum absolute atomic E-state index is 11.2. The highest BCUT2D eigenvalue weighted by Gasteiger charge is 2.09. The van der Waals surface area contributed by atoms with Gasteiger partial charge in [-0.25, -0.2) is 5.48 Å². The molecule has 6 heteroatoms. The Kier molecular flexibility index (Phi) is 9.83. The first-order chi connectivity index (χ1) is 15.2. The number of nitrogens with zero attached hydrogens (tertiary/aromatic N) is 1. The Bertz CT molecular complexity index is 772. The van der Waals surface area contributed by atoms with Gasteiger partial charge in [0.1, 0.15) is 0 Å². The number of hydroxylamine groups is 1. The average molecular weight is 426 g/mol. The van der Waals surface area contributed by atoms with Crippen molar-refractivity contribution in [2.75, 3.05) is 44.7 Å². The molecule has 3 N–H and O–H groups in total. The summed E-state index contributed by atoms with van der Waals surface area (Å²) in [6.07, 6.45) is 5.77. The second-order valence-corrected chi connectivity index (χ2v) is 8.17. The Morgan fingerprint density at radius 2 is 1.45 bits per heavy atom. The van der Waals surface area contributed by atoms with Gasteiger partial charge in [-0.2, -0.15) is 0 Å². The van der Waals surface area contributed by atoms with E-state index < -0.39 is 0 Å². The summed E-state index contributed by atoms with van der Waals surface area (Å²) in [5.74, 6) is -0.387. The molecule has 0 atom stereocenters. The number of anilines is 1. The van der Waals surface area contributed by atoms with Crippen molar-refractivity contribution in [1.29, 1.82) is 0 Å². The van der Waals surface area contributed by atoms with Crippen LogP contribution in [0.5, 0.6) is 0 Å². The van der Waals surface area contributed by atoms with Crippen LogP contribution < -0.4 is 10.8 Å². The Labute approximate surface area is 185 Å². The molecule has 0 saturated carbocycles. The molecule has 1 heterocycles. The molecule has 0 spiro atoms. The van der Waals surface area contributed by atoms with Gasteiger partial charge in [-0.05, 0) is 67.5 Å². The SMILES string of the molecule is O=C(Cc1ccc(CCCCc2ccc(NCCCN3CCOCC3)cc2)cc1)NO. The number of rotatable bonds is 12. The molecule has 1 saturated heterocycles. The van der Waals surface area contributed by atoms with E-state index in [-0.39, 0.29) is 12.3 Å². The molecule has 0 radical (unpaired) electrons. The zero-order valence-electron chi connectivity index (χ0n) is 18.3. The van der Waals surface area contributed by atoms with Crippen LogP contribution in [-0.4, -0.2) is 55.4 Å². The molecule has 1 fully saturated rings. The lowest BCUT2D eigenvalue weighted by atomic mass is 10.0. The maximum Gasteiger partial charge on any atom is 0.247 e. The van der Waals surface area contributed by atoms with E-state index in [0.29, 0.717) is 0 Å². The number of benzene rings is 2. The molecule has 1 aliphatic rings. The number of nitrogens with one attached hydrogen (secondary N) is 2. The van der Waals surface area contributed by atoms with Crippen LogP contribution in [0.2, 0.25) is 0 Å². The van der Waals surface area contributed by atoms with Crippen molar-refractivity contribution in [3.8, 4) is 0 Å². The average Bonchev–Trinajstić information content (AvgIpc) is 2.82. The molecule has 1 amide bonds. The van der Waals surface area contributed by atoms with E-state index in [1.165, 1.54) is 16.8 Å². The zero-order valence-corrected chi connectivity index (χ0v) is 18.3. The van der Waals surface area contributed by atoms with Crippen molar-refractivity contribution in [1.82, 2.24) is 10.4 Å². The van der Waals surface area contributed by atoms with Crippen LogP contribution in [0.25, 0.3) is 0 Å². The van der Waals surface area contributed by atoms with Crippen LogP contribution in [0.1, 0.15) is 36.0 Å². The molecule has 0 unspecified atom stereocenters. The molecule has 0 aromatic heterocycles. The highest BCUT2D eigenvalue weighted by atomic mass is 16.5. The number of aryl methyl sites for hydroxylation is 2. The number of unbranched alkanes of at least 4 members (excludes halogenated alkanes) is 1. The smallest absolute Gasteiger partial charge is 0.247 e. The third kappa shape index (κ3) is 8.69. The van der Waals surface area contributed by atoms with E-state index in [4.69, 9.17) is 9.94 Å². The van der Waals surface area contributed by atoms with Crippen molar-refractivity contribution < 1.29 is 14.7 Å². The molecule has 0 bridgehead atoms. The number of carbonyl (C=O) groups excluding carboxylic acids is 1. The second kappa shape index (κ2) is 13.1. The first-order valence-electron chi connectivity index (χ1n) is 11.4. The Morgan fingerprint density at radius 3 is 2.06 bits per heavy atom. The highest BCUT2D eigenvalue weighted by Crippen LogP contribution is 2.14. The zero-order chi connectivity index (χ0) is 21.7. The molecule has 168 valence electrons. The van der Waals surface area contributed by atoms with Crippen molar-refractivity contribution in [3.63, 3.8) is 0 Å². The van der Waals surface area contributed by atoms with Crippen LogP contribution in [0, 0.1) is 0 Å². The Hall–Kier alpha value is -2.41. The van der Waals surface area contributed by atoms with Crippen LogP contribution in [0.4, 0.5) is 5.69 Å². The predicted octanol–water partition coefficient (Wildman–Crippen LogP) is 3.43. The molecular formula is C25H35N3O3. The van der Waals surface area contributed by atoms with E-state index in [1.807, 2.05) is 12.1 Å². The first-order valence-corrected chi connectivity index (χ1v) is 11.4. The Morgan fingerprint density at radius 1 is 0.871 bits per heavy atom. The van der Waals surface area contributed by atoms with E-state index in [2.05, 4.69) is 46.6 Å². The van der Waals surface area contributed by atoms with E-state index in [9.17, 15) is 4.79 Å². The molecule has 6 nitrogen and oxygen atoms in total. The van der Waals surface area contributed by atoms with Crippen LogP contribution in [0.3, 0.4) is 0 Å². The van der Waals surface area contributed by atoms with E-state index in [1.54, 1.807) is 5.48 Å². The summed E-state index contributed by atoms with van der Waals surface area (Å²) in [5.41, 5.74) is 6.43. The molecular weight excluding hydrogens is 390 g/mol. The standard InChI is InChI=1S/C25H35N3O3/c29-25(27-30)20-23-8-6-21(7-9-23)4-1-2-5-22-10-12-24(13-11-22)26-14-3-15-28-16-18-31-19-17-28/h6-13,26,30H,1-5,14-20H2,(H,27,29). The largest absolute Gasteiger partial charge is 0.385 e. The normalized spacial score (nSPS) is 14.4. The van der Waals surface area contributed by atoms with Gasteiger partial charge in [-0.15, -0.1) is 0 Å². The van der Waals surface area contributed by atoms with Gasteiger partial charge < -0.3 is 10.1 Å². The molecule has 31 heavy (non-hydrogen) atoms. The van der Waals surface area contributed by atoms with Crippen molar-refractivity contribution >= 4 is 11.6 Å². The number of hydrogen-bond donors (Lipinski definition) is 3. The van der Waals surface area contributed by atoms with Gasteiger partial charge in [0, 0.05) is 25.3 Å². The fraction of sp³-hybridized carbons (Fsp3) is 0.480. The van der Waals surface area contributed by atoms with E-state index in [0.717, 1.165) is 77.1 Å². The van der Waals surface area contributed by atoms with Crippen LogP contribution in [-0.2, 0) is 28.8 Å². The van der Waals surface area contributed by atoms with Crippen molar-refractivity contribution in [2.45, 2.75) is 38.5 Å². The first kappa shape index (κ1) is 23.3. The fourth-order valence-corrected chi connectivity index (χ4v) is 3.86. The maximum atomic E-state index is 11.2. The lowest BCUT2D eigenvalue weighted by Gasteiger charge is -2.26. The summed E-state index contributed by atoms with van der Waals surface area (Å²) < 4.78 is 5.39. The topological polar surface area (TPSA) is 73.8 Å². The minimum atomic E-state index is -0.387. The molecule has 3 rings (SSSR count). The van der Waals surface area contributed by atoms with Gasteiger partial charge in [0.25, 0.3) is 0 Å². The quantitative estimate of drug-likeness (QED) is 0.276. The van der Waals surface area contributed by atoms with Gasteiger partial charge in [0.2, 0.25) is 5.91 Å². The van der Waals surface area contributed by atoms with Gasteiger partial charge in [0.05, 0.1) is 19.6 Å². The monoisotopic (exact) mass is 425 g/mol. The minimum absolute atomic E-state index is 0.204. The van der Waals surface area contributed by atoms with Gasteiger partial charge in [-0.1, -0.05) is 36.4 Å². The summed E-state index contributed by atoms with van der Waals surface area (Å²) in [6, 6.07) is 16.9. The summed E-state index contributed by atoms with van der Waals surface area (Å²) in [4.78, 5) is 13.7. The third-order valence-corrected chi connectivity index (χ3v) is 5.73. The second-order valence-electron chi connectivity index (χ2n) is 8.17. The predicted molar refractivity (Wildman–Crippen MR) is 124 cm³/mol. The molecule has 2 aromatic carbocycles. The molecule has 0 aliphatic carbocycles. The molecule has 2 aromatic rings. The van der Waals surface area contributed by atoms with Gasteiger partial charge in [-0.3, -0.25) is 14.9 Å². The number of ether oxygens (including phenoxy) is 1. The summed E-state index contributed by atoms with van der Waals surface area (Å²) >= 11 is 0. The van der Waals surface area contributed by atoms with Gasteiger partial charge >= 0.3 is 0 Å². The van der Waals surface area contributed by atoms with Gasteiger partial charge in [0.15, 0.2) is 0 Å². The third-order valence-electron chi connectivity index (χ3n) is 5.73. The number of hydrogen-bond acceptors (Lipinski definition) is 5. The number of morpholine rings is 1. The van der Waals surface area contributed by atoms with Crippen LogP contribution >= 0.6 is 0 Å². The fourth-order valence-electron chi connectivity index (χ4n) is 3.86. The summed E-state index contributed by atoms with van der Waals surface area (Å²) in [5, 5.41) is 12.1. The Balaban J connectivity index is 1.28. The molecule has 1 aliphatic heterocycles. The van der Waals surface area contributed by atoms with Crippen molar-refractivity contribution in [3.05, 3.63) is 65.2 Å². The summed E-state index contributed by atoms with van der Waals surface area (Å²) in [7, 11) is 0. The minimum Gasteiger partial charge on any atom is -0.385 e. The summed E-state index contributed by atoms with van der Waals surface area (Å²) in [6.45, 7) is 5.99. The number of amides is 1. The number of carbonyl (C=O) groups is 1. The lowest BCUT2D eigenvalue weighted by Crippen LogP contribution is -2.37. The van der Waals surface area contributed by atoms with E-state index >= 15 is 0 Å².